The van der Waals surface area contributed by atoms with Crippen molar-refractivity contribution < 1.29 is 75.8 Å². The van der Waals surface area contributed by atoms with Gasteiger partial charge < -0.3 is 34.2 Å². The summed E-state index contributed by atoms with van der Waals surface area (Å²) in [6, 6.07) is 0. The number of esters is 3. The number of phosphoric ester groups is 2. The largest absolute Gasteiger partial charge is 0.472 e. The molecule has 0 aromatic carbocycles. The zero-order valence-electron chi connectivity index (χ0n) is 67.5. The second kappa shape index (κ2) is 81.2. The average Bonchev–Trinajstić information content (AvgIpc) is 0.904. The normalized spacial score (nSPS) is 14.6. The lowest BCUT2D eigenvalue weighted by atomic mass is 10.0. The van der Waals surface area contributed by atoms with Crippen molar-refractivity contribution in [3.05, 3.63) is 134 Å². The third-order valence-electron chi connectivity index (χ3n) is 17.8. The molecule has 107 heavy (non-hydrogen) atoms. The van der Waals surface area contributed by atoms with Crippen LogP contribution in [0.25, 0.3) is 0 Å². The summed E-state index contributed by atoms with van der Waals surface area (Å²) in [5.41, 5.74) is 0. The number of hydrogen-bond acceptors (Lipinski definition) is 14. The minimum Gasteiger partial charge on any atom is -0.463 e. The van der Waals surface area contributed by atoms with Crippen LogP contribution in [0.3, 0.4) is 0 Å². The van der Waals surface area contributed by atoms with E-state index in [0.29, 0.717) is 19.3 Å². The van der Waals surface area contributed by atoms with E-state index in [1.165, 1.54) is 148 Å². The first-order valence-electron chi connectivity index (χ1n) is 42.5. The van der Waals surface area contributed by atoms with E-state index >= 15 is 0 Å². The Morgan fingerprint density at radius 2 is 0.495 bits per heavy atom. The summed E-state index contributed by atoms with van der Waals surface area (Å²) >= 11 is 0. The SMILES string of the molecule is CC/C=C\C/C=C\C/C=C\C/C=C\C/C=C\CCCCCCCCCCCC(=O)OCC(COP(=O)(O)OCC(O)COP(=O)(O)OCC(O)COC(=O)CCCCCCCCCCCCCCCCC/C=C\C/C=C\C/C=C\C/C=C\CCCCC)OC(=O)CCCCCCC/C=C\C/C=C\CCCCC. The maximum absolute atomic E-state index is 13.0. The van der Waals surface area contributed by atoms with E-state index in [1.807, 2.05) is 0 Å². The van der Waals surface area contributed by atoms with Gasteiger partial charge in [0.15, 0.2) is 6.10 Å². The number of aliphatic hydroxyl groups excluding tert-OH is 2. The summed E-state index contributed by atoms with van der Waals surface area (Å²) < 4.78 is 61.3. The lowest BCUT2D eigenvalue weighted by Crippen LogP contribution is -2.30. The highest BCUT2D eigenvalue weighted by Crippen LogP contribution is 2.45. The van der Waals surface area contributed by atoms with Gasteiger partial charge in [-0.25, -0.2) is 9.13 Å². The van der Waals surface area contributed by atoms with Crippen molar-refractivity contribution >= 4 is 33.6 Å². The first-order valence-corrected chi connectivity index (χ1v) is 45.5. The Balaban J connectivity index is 4.50. The number of aliphatic hydroxyl groups is 2. The summed E-state index contributed by atoms with van der Waals surface area (Å²) in [4.78, 5) is 58.8. The van der Waals surface area contributed by atoms with Gasteiger partial charge in [-0.15, -0.1) is 0 Å². The molecule has 0 saturated carbocycles. The number of hydrogen-bond donors (Lipinski definition) is 4. The Bertz CT molecular complexity index is 2480. The maximum atomic E-state index is 13.0. The fourth-order valence-corrected chi connectivity index (χ4v) is 13.0. The van der Waals surface area contributed by atoms with Gasteiger partial charge in [-0.3, -0.25) is 32.5 Å². The number of carbonyl (C=O) groups is 3. The predicted molar refractivity (Wildman–Crippen MR) is 445 cm³/mol. The molecule has 5 unspecified atom stereocenters. The van der Waals surface area contributed by atoms with Gasteiger partial charge in [0.1, 0.15) is 25.4 Å². The average molecular weight is 1540 g/mol. The van der Waals surface area contributed by atoms with Gasteiger partial charge in [0.2, 0.25) is 0 Å². The summed E-state index contributed by atoms with van der Waals surface area (Å²) in [5, 5.41) is 20.7. The number of ether oxygens (including phenoxy) is 3. The maximum Gasteiger partial charge on any atom is 0.472 e. The molecule has 0 aliphatic carbocycles. The second-order valence-electron chi connectivity index (χ2n) is 28.2. The standard InChI is InChI=1S/C89H154O16P2/c1-4-7-10-13-16-19-22-25-28-30-32-34-36-38-39-40-41-42-43-45-47-48-50-52-55-57-60-63-66-69-72-75-87(92)99-78-84(90)79-101-106(95,96)102-80-85(91)81-103-107(97,98)104-83-86(105-89(94)77-74-71-68-65-62-59-54-27-24-21-18-15-12-9-6-3)82-100-88(93)76-73-70-67-64-61-58-56-53-51-49-46-44-37-35-33-31-29-26-23-20-17-14-11-8-5-2/h8,11,16-21,25-29,32-35,38-39,44,46,54,84-86,90-91H,4-7,9-10,12-15,22-24,30-31,36-37,40-43,45,47-53,55-83H2,1-3H3,(H,95,96)(H,97,98)/b11-8-,19-16-,20-17-,21-18-,28-25-,29-26-,34-32-,35-33-,39-38-,46-44-,54-27-. The first kappa shape index (κ1) is 103. The summed E-state index contributed by atoms with van der Waals surface area (Å²) in [7, 11) is -9.80. The number of phosphoric acid groups is 2. The molecule has 0 aromatic rings. The van der Waals surface area contributed by atoms with Crippen molar-refractivity contribution in [2.24, 2.45) is 0 Å². The van der Waals surface area contributed by atoms with Crippen LogP contribution >= 0.6 is 15.6 Å². The van der Waals surface area contributed by atoms with Gasteiger partial charge in [0.05, 0.1) is 26.4 Å². The third-order valence-corrected chi connectivity index (χ3v) is 19.7. The molecule has 4 N–H and O–H groups in total. The van der Waals surface area contributed by atoms with E-state index in [2.05, 4.69) is 154 Å². The quantitative estimate of drug-likeness (QED) is 0.0146. The molecular weight excluding hydrogens is 1390 g/mol. The molecule has 0 heterocycles. The number of unbranched alkanes of at least 4 members (excludes halogenated alkanes) is 35. The highest BCUT2D eigenvalue weighted by atomic mass is 31.2. The molecule has 616 valence electrons. The molecule has 0 spiro atoms. The van der Waals surface area contributed by atoms with E-state index in [0.717, 1.165) is 148 Å². The molecule has 16 nitrogen and oxygen atoms in total. The van der Waals surface area contributed by atoms with Crippen LogP contribution in [0.5, 0.6) is 0 Å². The Morgan fingerprint density at radius 1 is 0.271 bits per heavy atom. The molecule has 0 aliphatic rings. The van der Waals surface area contributed by atoms with Gasteiger partial charge in [-0.2, -0.15) is 0 Å². The molecular formula is C89H154O16P2. The zero-order valence-corrected chi connectivity index (χ0v) is 69.3. The smallest absolute Gasteiger partial charge is 0.463 e. The lowest BCUT2D eigenvalue weighted by molar-refractivity contribution is -0.161. The molecule has 0 amide bonds. The minimum atomic E-state index is -4.94. The van der Waals surface area contributed by atoms with E-state index in [9.17, 15) is 43.5 Å². The van der Waals surface area contributed by atoms with Crippen LogP contribution < -0.4 is 0 Å². The van der Waals surface area contributed by atoms with Gasteiger partial charge >= 0.3 is 33.6 Å². The number of carbonyl (C=O) groups excluding carboxylic acids is 3. The van der Waals surface area contributed by atoms with Crippen molar-refractivity contribution in [3.8, 4) is 0 Å². The molecule has 18 heteroatoms. The van der Waals surface area contributed by atoms with Gasteiger partial charge in [-0.05, 0) is 141 Å². The van der Waals surface area contributed by atoms with Crippen LogP contribution in [0.2, 0.25) is 0 Å². The predicted octanol–water partition coefficient (Wildman–Crippen LogP) is 25.4. The zero-order chi connectivity index (χ0) is 78.0. The van der Waals surface area contributed by atoms with Crippen LogP contribution in [0.4, 0.5) is 0 Å². The van der Waals surface area contributed by atoms with Crippen molar-refractivity contribution in [1.82, 2.24) is 0 Å². The van der Waals surface area contributed by atoms with Crippen molar-refractivity contribution in [2.75, 3.05) is 39.6 Å². The third kappa shape index (κ3) is 82.5. The summed E-state index contributed by atoms with van der Waals surface area (Å²) in [5.74, 6) is -1.59. The van der Waals surface area contributed by atoms with Crippen molar-refractivity contribution in [1.29, 1.82) is 0 Å². The van der Waals surface area contributed by atoms with E-state index < -0.39 is 91.5 Å². The Kier molecular flexibility index (Phi) is 77.9. The highest BCUT2D eigenvalue weighted by molar-refractivity contribution is 7.47. The molecule has 0 bridgehead atoms. The Hall–Kier alpha value is -4.31. The van der Waals surface area contributed by atoms with Crippen molar-refractivity contribution in [3.63, 3.8) is 0 Å². The fourth-order valence-electron chi connectivity index (χ4n) is 11.4. The topological polar surface area (TPSA) is 231 Å². The van der Waals surface area contributed by atoms with Crippen LogP contribution in [0.1, 0.15) is 355 Å². The minimum absolute atomic E-state index is 0.0852. The monoisotopic (exact) mass is 1540 g/mol. The molecule has 0 fully saturated rings. The van der Waals surface area contributed by atoms with Gasteiger partial charge in [0, 0.05) is 19.3 Å². The Labute approximate surface area is 652 Å². The van der Waals surface area contributed by atoms with Crippen LogP contribution in [-0.4, -0.2) is 95.9 Å². The summed E-state index contributed by atoms with van der Waals surface area (Å²) in [6.07, 6.45) is 99.3. The van der Waals surface area contributed by atoms with Crippen molar-refractivity contribution in [2.45, 2.75) is 373 Å². The van der Waals surface area contributed by atoms with Crippen LogP contribution in [-0.2, 0) is 55.8 Å². The first-order chi connectivity index (χ1) is 52.2. The number of rotatable bonds is 80. The van der Waals surface area contributed by atoms with E-state index in [1.54, 1.807) is 0 Å². The van der Waals surface area contributed by atoms with Crippen LogP contribution in [0.15, 0.2) is 134 Å². The van der Waals surface area contributed by atoms with Gasteiger partial charge in [0.25, 0.3) is 0 Å². The summed E-state index contributed by atoms with van der Waals surface area (Å²) in [6.45, 7) is 2.52. The van der Waals surface area contributed by atoms with E-state index in [4.69, 9.17) is 32.3 Å². The molecule has 0 saturated heterocycles. The van der Waals surface area contributed by atoms with Crippen LogP contribution in [0, 0.1) is 0 Å². The Morgan fingerprint density at radius 3 is 0.785 bits per heavy atom. The number of allylic oxidation sites excluding steroid dienone is 22. The highest BCUT2D eigenvalue weighted by Gasteiger charge is 2.29. The molecule has 0 rings (SSSR count). The van der Waals surface area contributed by atoms with Gasteiger partial charge in [-0.1, -0.05) is 328 Å². The second-order valence-corrected chi connectivity index (χ2v) is 31.2. The lowest BCUT2D eigenvalue weighted by Gasteiger charge is -2.21. The molecule has 0 radical (unpaired) electrons. The molecule has 0 aliphatic heterocycles. The molecule has 5 atom stereocenters. The fraction of sp³-hybridized carbons (Fsp3) is 0.719. The van der Waals surface area contributed by atoms with E-state index in [-0.39, 0.29) is 19.3 Å². The molecule has 0 aromatic heterocycles.